The number of halogens is 9. The summed E-state index contributed by atoms with van der Waals surface area (Å²) in [5.74, 6) is -2.96. The minimum absolute atomic E-state index is 0.0591. The molecule has 0 unspecified atom stereocenters. The van der Waals surface area contributed by atoms with E-state index >= 15 is 0 Å². The zero-order chi connectivity index (χ0) is 28.6. The molecule has 0 radical (unpaired) electrons. The van der Waals surface area contributed by atoms with Crippen LogP contribution in [-0.4, -0.2) is 18.7 Å². The Kier molecular flexibility index (Phi) is 7.96. The molecule has 1 amide bonds. The van der Waals surface area contributed by atoms with Crippen LogP contribution in [0.3, 0.4) is 0 Å². The predicted octanol–water partition coefficient (Wildman–Crippen LogP) is 8.28. The van der Waals surface area contributed by atoms with E-state index in [9.17, 15) is 49.6 Å². The van der Waals surface area contributed by atoms with Crippen molar-refractivity contribution >= 4 is 11.8 Å². The van der Waals surface area contributed by atoms with Gasteiger partial charge in [-0.3, -0.25) is 4.90 Å². The van der Waals surface area contributed by atoms with Crippen LogP contribution in [0.15, 0.2) is 36.4 Å². The number of fused-ring (bicyclic) bond motifs is 1. The molecule has 3 atom stereocenters. The van der Waals surface area contributed by atoms with Gasteiger partial charge in [0.05, 0.1) is 41.0 Å². The van der Waals surface area contributed by atoms with Crippen LogP contribution in [0.25, 0.3) is 0 Å². The second-order valence-corrected chi connectivity index (χ2v) is 8.69. The second-order valence-electron chi connectivity index (χ2n) is 8.69. The topological polar surface area (TPSA) is 53.3 Å². The highest BCUT2D eigenvalue weighted by molar-refractivity contribution is 5.90. The average molecular weight is 552 g/mol. The lowest BCUT2D eigenvalue weighted by atomic mass is 9.74. The molecule has 0 fully saturated rings. The number of hydrogen-bond donors (Lipinski definition) is 0. The van der Waals surface area contributed by atoms with Crippen LogP contribution >= 0.6 is 0 Å². The molecule has 0 N–H and O–H groups in total. The molecule has 1 aliphatic heterocycles. The van der Waals surface area contributed by atoms with Gasteiger partial charge in [-0.25, -0.2) is 4.79 Å². The number of amides is 1. The van der Waals surface area contributed by atoms with E-state index in [1.807, 2.05) is 0 Å². The minimum atomic E-state index is -5.18. The van der Waals surface area contributed by atoms with Crippen molar-refractivity contribution in [2.75, 3.05) is 11.5 Å². The molecule has 1 aliphatic rings. The summed E-state index contributed by atoms with van der Waals surface area (Å²) in [5, 5.41) is 9.95. The average Bonchev–Trinajstić information content (AvgIpc) is 2.82. The van der Waals surface area contributed by atoms with Crippen molar-refractivity contribution in [2.45, 2.75) is 63.1 Å². The van der Waals surface area contributed by atoms with Gasteiger partial charge < -0.3 is 4.74 Å². The van der Waals surface area contributed by atoms with Crippen LogP contribution in [0, 0.1) is 11.3 Å². The van der Waals surface area contributed by atoms with Gasteiger partial charge in [-0.2, -0.15) is 44.8 Å². The number of benzene rings is 2. The highest BCUT2D eigenvalue weighted by Crippen LogP contribution is 2.49. The lowest BCUT2D eigenvalue weighted by Crippen LogP contribution is -2.45. The highest BCUT2D eigenvalue weighted by Gasteiger charge is 2.43. The lowest BCUT2D eigenvalue weighted by Gasteiger charge is -2.41. The zero-order valence-corrected chi connectivity index (χ0v) is 19.9. The van der Waals surface area contributed by atoms with Gasteiger partial charge in [-0.1, -0.05) is 6.92 Å². The number of ether oxygens (including phenoxy) is 1. The minimum Gasteiger partial charge on any atom is -0.449 e. The monoisotopic (exact) mass is 552 g/mol. The Hall–Kier alpha value is -3.43. The predicted molar refractivity (Wildman–Crippen MR) is 117 cm³/mol. The van der Waals surface area contributed by atoms with E-state index < -0.39 is 64.8 Å². The van der Waals surface area contributed by atoms with Crippen LogP contribution in [0.2, 0.25) is 0 Å². The summed E-state index contributed by atoms with van der Waals surface area (Å²) in [6, 6.07) is 4.02. The number of anilines is 1. The largest absolute Gasteiger partial charge is 0.449 e. The van der Waals surface area contributed by atoms with Gasteiger partial charge in [0.1, 0.15) is 0 Å². The number of rotatable bonds is 4. The van der Waals surface area contributed by atoms with Gasteiger partial charge in [0.15, 0.2) is 0 Å². The lowest BCUT2D eigenvalue weighted by molar-refractivity contribution is -0.143. The fraction of sp³-hybridized carbons (Fsp3) is 0.440. The highest BCUT2D eigenvalue weighted by atomic mass is 19.4. The second kappa shape index (κ2) is 10.4. The van der Waals surface area contributed by atoms with Crippen molar-refractivity contribution in [1.82, 2.24) is 0 Å². The molecule has 0 aliphatic carbocycles. The van der Waals surface area contributed by atoms with Gasteiger partial charge in [-0.15, -0.1) is 0 Å². The summed E-state index contributed by atoms with van der Waals surface area (Å²) in [7, 11) is 0. The number of nitriles is 1. The smallest absolute Gasteiger partial charge is 0.416 e. The Morgan fingerprint density at radius 3 is 1.95 bits per heavy atom. The first-order valence-electron chi connectivity index (χ1n) is 11.4. The van der Waals surface area contributed by atoms with Gasteiger partial charge in [0.25, 0.3) is 0 Å². The molecule has 4 nitrogen and oxygen atoms in total. The zero-order valence-electron chi connectivity index (χ0n) is 19.9. The summed E-state index contributed by atoms with van der Waals surface area (Å²) in [6.07, 6.45) is -16.1. The van der Waals surface area contributed by atoms with Crippen LogP contribution < -0.4 is 4.90 Å². The van der Waals surface area contributed by atoms with E-state index in [4.69, 9.17) is 4.74 Å². The van der Waals surface area contributed by atoms with Crippen molar-refractivity contribution < 1.29 is 49.0 Å². The molecule has 0 bridgehead atoms. The maximum absolute atomic E-state index is 13.6. The fourth-order valence-corrected chi connectivity index (χ4v) is 4.63. The molecular weight excluding hydrogens is 531 g/mol. The summed E-state index contributed by atoms with van der Waals surface area (Å²) in [6.45, 7) is 3.09. The van der Waals surface area contributed by atoms with E-state index in [0.29, 0.717) is 24.3 Å². The molecule has 13 heteroatoms. The molecule has 206 valence electrons. The first kappa shape index (κ1) is 29.1. The maximum Gasteiger partial charge on any atom is 0.416 e. The van der Waals surface area contributed by atoms with Gasteiger partial charge >= 0.3 is 24.6 Å². The molecule has 0 spiro atoms. The molecule has 2 aromatic carbocycles. The van der Waals surface area contributed by atoms with Crippen molar-refractivity contribution in [1.29, 1.82) is 5.26 Å². The summed E-state index contributed by atoms with van der Waals surface area (Å²) in [4.78, 5) is 13.8. The number of nitrogens with zero attached hydrogens (tertiary/aromatic N) is 2. The van der Waals surface area contributed by atoms with Crippen LogP contribution in [0.1, 0.15) is 66.3 Å². The third-order valence-corrected chi connectivity index (χ3v) is 6.35. The van der Waals surface area contributed by atoms with E-state index in [2.05, 4.69) is 0 Å². The summed E-state index contributed by atoms with van der Waals surface area (Å²) >= 11 is 0. The molecule has 0 saturated carbocycles. The molecule has 2 aromatic rings. The summed E-state index contributed by atoms with van der Waals surface area (Å²) in [5.41, 5.74) is -5.39. The molecule has 0 aromatic heterocycles. The van der Waals surface area contributed by atoms with Crippen LogP contribution in [-0.2, 0) is 23.3 Å². The van der Waals surface area contributed by atoms with Crippen LogP contribution in [0.5, 0.6) is 0 Å². The fourth-order valence-electron chi connectivity index (χ4n) is 4.63. The Morgan fingerprint density at radius 2 is 1.50 bits per heavy atom. The van der Waals surface area contributed by atoms with Crippen molar-refractivity contribution in [3.63, 3.8) is 0 Å². The Balaban J connectivity index is 2.28. The van der Waals surface area contributed by atoms with Crippen molar-refractivity contribution in [3.8, 4) is 6.07 Å². The van der Waals surface area contributed by atoms with E-state index in [0.717, 1.165) is 11.0 Å². The maximum atomic E-state index is 13.6. The van der Waals surface area contributed by atoms with Gasteiger partial charge in [0, 0.05) is 12.0 Å². The van der Waals surface area contributed by atoms with Gasteiger partial charge in [0.2, 0.25) is 0 Å². The van der Waals surface area contributed by atoms with Crippen molar-refractivity contribution in [2.24, 2.45) is 0 Å². The molecule has 38 heavy (non-hydrogen) atoms. The Labute approximate surface area is 211 Å². The van der Waals surface area contributed by atoms with Crippen molar-refractivity contribution in [3.05, 3.63) is 64.2 Å². The Bertz CT molecular complexity index is 1200. The number of hydrogen-bond acceptors (Lipinski definition) is 3. The summed E-state index contributed by atoms with van der Waals surface area (Å²) < 4.78 is 126. The SMILES string of the molecule is CCOC(=O)N1c2ccc(C(F)(F)F)cc2[C@@H]([C@H](C#N)c2cc(C(F)(F)F)cc(C(F)(F)F)c2)C[C@@H]1CC. The molecular formula is C25H21F9N2O2. The first-order valence-corrected chi connectivity index (χ1v) is 11.4. The standard InChI is InChI=1S/C25H21F9N2O2/c1-3-17-11-18(19-10-14(23(26,27)28)5-6-21(19)36(17)22(37)38-4-2)20(12-35)13-7-15(24(29,30)31)9-16(8-13)25(32,33)34/h5-10,17-18,20H,3-4,11H2,1-2H3/t17-,18-,20+/m0/s1. The number of carbonyl (C=O) groups excluding carboxylic acids is 1. The molecule has 3 rings (SSSR count). The molecule has 0 saturated heterocycles. The van der Waals surface area contributed by atoms with Crippen LogP contribution in [0.4, 0.5) is 50.0 Å². The van der Waals surface area contributed by atoms with E-state index in [1.165, 1.54) is 6.92 Å². The number of carbonyl (C=O) groups is 1. The Morgan fingerprint density at radius 1 is 0.947 bits per heavy atom. The third kappa shape index (κ3) is 5.84. The van der Waals surface area contributed by atoms with E-state index in [-0.39, 0.29) is 36.8 Å². The van der Waals surface area contributed by atoms with Gasteiger partial charge in [-0.05, 0) is 67.3 Å². The molecule has 1 heterocycles. The van der Waals surface area contributed by atoms with E-state index in [1.54, 1.807) is 13.0 Å². The first-order chi connectivity index (χ1) is 17.5. The normalized spacial score (nSPS) is 18.9. The number of alkyl halides is 9. The quantitative estimate of drug-likeness (QED) is 0.359. The third-order valence-electron chi connectivity index (χ3n) is 6.35.